The molecule has 0 aliphatic carbocycles. The molecule has 1 unspecified atom stereocenters. The van der Waals surface area contributed by atoms with E-state index in [9.17, 15) is 0 Å². The Morgan fingerprint density at radius 1 is 1.33 bits per heavy atom. The summed E-state index contributed by atoms with van der Waals surface area (Å²) in [6.45, 7) is 3.49. The average molecular weight is 159 g/mol. The van der Waals surface area contributed by atoms with Gasteiger partial charge in [-0.05, 0) is 26.3 Å². The van der Waals surface area contributed by atoms with Crippen LogP contribution in [0, 0.1) is 0 Å². The van der Waals surface area contributed by atoms with Crippen LogP contribution in [-0.4, -0.2) is 35.6 Å². The second-order valence-corrected chi connectivity index (χ2v) is 2.35. The van der Waals surface area contributed by atoms with Crippen LogP contribution in [0.15, 0.2) is 0 Å². The molecule has 1 aliphatic heterocycles. The summed E-state index contributed by atoms with van der Waals surface area (Å²) in [5.41, 5.74) is 0. The zero-order valence-electron chi connectivity index (χ0n) is 5.99. The molecule has 1 saturated heterocycles. The minimum Gasteiger partial charge on any atom is -1.00 e. The van der Waals surface area contributed by atoms with Gasteiger partial charge in [-0.15, -0.1) is 0 Å². The Labute approximate surface area is 79.5 Å². The molecule has 1 aliphatic rings. The molecule has 0 aromatic heterocycles. The van der Waals surface area contributed by atoms with E-state index in [1.165, 1.54) is 25.8 Å². The Morgan fingerprint density at radius 3 is 2.22 bits per heavy atom. The van der Waals surface area contributed by atoms with Gasteiger partial charge in [-0.3, -0.25) is 0 Å². The molecule has 0 aromatic rings. The van der Waals surface area contributed by atoms with Gasteiger partial charge in [-0.1, -0.05) is 6.42 Å². The first-order valence-corrected chi connectivity index (χ1v) is 3.13. The molecule has 1 N–H and O–H groups in total. The van der Waals surface area contributed by atoms with Crippen LogP contribution in [0.5, 0.6) is 0 Å². The average Bonchev–Trinajstić information content (AvgIpc) is 1.69. The van der Waals surface area contributed by atoms with Gasteiger partial charge < -0.3 is 17.7 Å². The third kappa shape index (κ3) is 5.46. The van der Waals surface area contributed by atoms with Crippen LogP contribution in [0.2, 0.25) is 0 Å². The van der Waals surface area contributed by atoms with Crippen LogP contribution in [-0.2, 0) is 0 Å². The molecular weight excluding hydrogens is 146 g/mol. The predicted molar refractivity (Wildman–Crippen MR) is 37.1 cm³/mol. The Hall–Kier alpha value is 1.02. The second-order valence-electron chi connectivity index (χ2n) is 2.35. The quantitative estimate of drug-likeness (QED) is 0.394. The maximum Gasteiger partial charge on any atom is 2.00 e. The zero-order valence-corrected chi connectivity index (χ0v) is 8.16. The van der Waals surface area contributed by atoms with Crippen molar-refractivity contribution in [1.82, 2.24) is 5.32 Å². The molecule has 0 spiro atoms. The minimum absolute atomic E-state index is 0. The first-order chi connectivity index (χ1) is 3.39. The molecule has 0 amide bonds. The van der Waals surface area contributed by atoms with Gasteiger partial charge in [-0.2, -0.15) is 0 Å². The van der Waals surface area contributed by atoms with Gasteiger partial charge in [0.05, 0.1) is 0 Å². The normalized spacial score (nSPS) is 25.7. The summed E-state index contributed by atoms with van der Waals surface area (Å²) in [4.78, 5) is 0. The first kappa shape index (κ1) is 12.7. The van der Waals surface area contributed by atoms with Crippen molar-refractivity contribution in [2.45, 2.75) is 32.2 Å². The monoisotopic (exact) mass is 158 g/mol. The molecule has 0 saturated carbocycles. The summed E-state index contributed by atoms with van der Waals surface area (Å²) in [6, 6.07) is 0.786. The second kappa shape index (κ2) is 7.13. The molecule has 0 radical (unpaired) electrons. The number of rotatable bonds is 0. The summed E-state index contributed by atoms with van der Waals surface area (Å²) >= 11 is 0. The molecule has 9 heavy (non-hydrogen) atoms. The van der Waals surface area contributed by atoms with E-state index >= 15 is 0 Å². The van der Waals surface area contributed by atoms with Crippen LogP contribution in [0.4, 0.5) is 0 Å². The Kier molecular flexibility index (Phi) is 10.0. The first-order valence-electron chi connectivity index (χ1n) is 3.13. The fourth-order valence-electron chi connectivity index (χ4n) is 1.03. The zero-order chi connectivity index (χ0) is 5.11. The summed E-state index contributed by atoms with van der Waals surface area (Å²) in [5, 5.41) is 3.38. The van der Waals surface area contributed by atoms with Crippen molar-refractivity contribution >= 4 is 23.1 Å². The van der Waals surface area contributed by atoms with Crippen LogP contribution in [0.3, 0.4) is 0 Å². The van der Waals surface area contributed by atoms with E-state index in [-0.39, 0.29) is 35.5 Å². The molecule has 1 atom stereocenters. The van der Waals surface area contributed by atoms with Crippen LogP contribution < -0.4 is 17.7 Å². The van der Waals surface area contributed by atoms with Crippen molar-refractivity contribution in [3.05, 3.63) is 0 Å². The van der Waals surface area contributed by atoms with E-state index in [1.54, 1.807) is 0 Å². The number of piperidine rings is 1. The summed E-state index contributed by atoms with van der Waals surface area (Å²) < 4.78 is 0. The fraction of sp³-hybridized carbons (Fsp3) is 1.00. The van der Waals surface area contributed by atoms with Crippen LogP contribution in [0.1, 0.15) is 26.2 Å². The van der Waals surface area contributed by atoms with Gasteiger partial charge >= 0.3 is 23.1 Å². The maximum absolute atomic E-state index is 3.38. The number of hydrogen-bond donors (Lipinski definition) is 1. The van der Waals surface area contributed by atoms with Crippen LogP contribution in [0.25, 0.3) is 0 Å². The molecule has 3 heteroatoms. The topological polar surface area (TPSA) is 12.0 Å². The van der Waals surface area contributed by atoms with E-state index < -0.39 is 0 Å². The smallest absolute Gasteiger partial charge is 1.00 e. The number of nitrogens with one attached hydrogen (secondary N) is 1. The molecule has 1 fully saturated rings. The third-order valence-electron chi connectivity index (χ3n) is 1.56. The Bertz CT molecular complexity index is 55.0. The SMILES string of the molecule is CC1CCCCN1.[Cl-].[Mg+2]. The number of hydrogen-bond acceptors (Lipinski definition) is 1. The molecular formula is C6H13ClMgN+. The van der Waals surface area contributed by atoms with Crippen molar-refractivity contribution in [1.29, 1.82) is 0 Å². The molecule has 1 rings (SSSR count). The van der Waals surface area contributed by atoms with Crippen molar-refractivity contribution < 1.29 is 12.4 Å². The van der Waals surface area contributed by atoms with E-state index in [2.05, 4.69) is 12.2 Å². The van der Waals surface area contributed by atoms with E-state index in [1.807, 2.05) is 0 Å². The van der Waals surface area contributed by atoms with Gasteiger partial charge in [0.2, 0.25) is 0 Å². The minimum atomic E-state index is 0. The van der Waals surface area contributed by atoms with Gasteiger partial charge in [0, 0.05) is 6.04 Å². The molecule has 0 bridgehead atoms. The summed E-state index contributed by atoms with van der Waals surface area (Å²) in [6.07, 6.45) is 4.18. The van der Waals surface area contributed by atoms with Crippen molar-refractivity contribution in [2.24, 2.45) is 0 Å². The maximum atomic E-state index is 3.38. The van der Waals surface area contributed by atoms with Gasteiger partial charge in [-0.25, -0.2) is 0 Å². The van der Waals surface area contributed by atoms with Gasteiger partial charge in [0.25, 0.3) is 0 Å². The Morgan fingerprint density at radius 2 is 2.00 bits per heavy atom. The van der Waals surface area contributed by atoms with E-state index in [0.717, 1.165) is 6.04 Å². The summed E-state index contributed by atoms with van der Waals surface area (Å²) in [5.74, 6) is 0. The van der Waals surface area contributed by atoms with E-state index in [0.29, 0.717) is 0 Å². The molecule has 1 heterocycles. The molecule has 1 nitrogen and oxygen atoms in total. The Balaban J connectivity index is 0. The summed E-state index contributed by atoms with van der Waals surface area (Å²) in [7, 11) is 0. The van der Waals surface area contributed by atoms with Crippen molar-refractivity contribution in [3.63, 3.8) is 0 Å². The largest absolute Gasteiger partial charge is 2.00 e. The number of halogens is 1. The van der Waals surface area contributed by atoms with Gasteiger partial charge in [0.1, 0.15) is 0 Å². The third-order valence-corrected chi connectivity index (χ3v) is 1.56. The predicted octanol–water partition coefficient (Wildman–Crippen LogP) is -2.23. The molecule has 50 valence electrons. The van der Waals surface area contributed by atoms with Crippen molar-refractivity contribution in [2.75, 3.05) is 6.54 Å². The van der Waals surface area contributed by atoms with Gasteiger partial charge in [0.15, 0.2) is 0 Å². The standard InChI is InChI=1S/C6H13N.ClH.Mg/c1-6-4-2-3-5-7-6;;/h6-7H,2-5H2,1H3;1H;/q;;+2/p-1. The fourth-order valence-corrected chi connectivity index (χ4v) is 1.03. The molecule has 0 aromatic carbocycles. The van der Waals surface area contributed by atoms with E-state index in [4.69, 9.17) is 0 Å². The van der Waals surface area contributed by atoms with Crippen LogP contribution >= 0.6 is 0 Å². The van der Waals surface area contributed by atoms with Crippen molar-refractivity contribution in [3.8, 4) is 0 Å².